The molecule has 3 rings (SSSR count). The number of fused-ring (bicyclic) bond motifs is 1. The van der Waals surface area contributed by atoms with Gasteiger partial charge in [-0.25, -0.2) is 0 Å². The smallest absolute Gasteiger partial charge is 0.118 e. The fourth-order valence-corrected chi connectivity index (χ4v) is 2.43. The molecule has 0 spiro atoms. The number of hydrogen-bond donors (Lipinski definition) is 1. The van der Waals surface area contributed by atoms with Gasteiger partial charge >= 0.3 is 0 Å². The van der Waals surface area contributed by atoms with Gasteiger partial charge in [-0.05, 0) is 60.9 Å². The molecule has 1 N–H and O–H groups in total. The molecular weight excluding hydrogens is 234 g/mol. The van der Waals surface area contributed by atoms with E-state index in [4.69, 9.17) is 4.74 Å². The Labute approximate surface area is 113 Å². The highest BCUT2D eigenvalue weighted by Gasteiger charge is 2.07. The van der Waals surface area contributed by atoms with Crippen molar-refractivity contribution < 1.29 is 4.74 Å². The van der Waals surface area contributed by atoms with E-state index in [9.17, 15) is 0 Å². The molecule has 96 valence electrons. The Hall–Kier alpha value is -2.22. The molecule has 0 aliphatic heterocycles. The summed E-state index contributed by atoms with van der Waals surface area (Å²) in [5.41, 5.74) is 6.13. The summed E-state index contributed by atoms with van der Waals surface area (Å²) in [6, 6.07) is 14.7. The van der Waals surface area contributed by atoms with E-state index in [-0.39, 0.29) is 0 Å². The first-order valence-corrected chi connectivity index (χ1v) is 6.42. The number of aromatic nitrogens is 1. The van der Waals surface area contributed by atoms with Crippen molar-refractivity contribution in [2.75, 3.05) is 7.11 Å². The first-order valence-electron chi connectivity index (χ1n) is 6.42. The van der Waals surface area contributed by atoms with E-state index in [1.807, 2.05) is 12.1 Å². The highest BCUT2D eigenvalue weighted by molar-refractivity contribution is 5.90. The topological polar surface area (TPSA) is 25.0 Å². The number of aryl methyl sites for hydroxylation is 2. The van der Waals surface area contributed by atoms with E-state index in [0.29, 0.717) is 0 Å². The summed E-state index contributed by atoms with van der Waals surface area (Å²) in [6.45, 7) is 4.28. The maximum absolute atomic E-state index is 5.19. The predicted molar refractivity (Wildman–Crippen MR) is 79.8 cm³/mol. The zero-order chi connectivity index (χ0) is 13.4. The van der Waals surface area contributed by atoms with Crippen LogP contribution in [0.1, 0.15) is 11.1 Å². The normalized spacial score (nSPS) is 10.9. The van der Waals surface area contributed by atoms with Crippen LogP contribution in [0.15, 0.2) is 42.5 Å². The maximum atomic E-state index is 5.19. The molecule has 0 saturated carbocycles. The van der Waals surface area contributed by atoms with Crippen molar-refractivity contribution in [3.63, 3.8) is 0 Å². The number of hydrogen-bond acceptors (Lipinski definition) is 1. The lowest BCUT2D eigenvalue weighted by atomic mass is 10.1. The van der Waals surface area contributed by atoms with Gasteiger partial charge in [0.25, 0.3) is 0 Å². The third kappa shape index (κ3) is 1.99. The van der Waals surface area contributed by atoms with E-state index >= 15 is 0 Å². The standard InChI is InChI=1S/C17H17NO/c1-11-4-5-12(2)17-15(11)10-16(18-17)13-6-8-14(19-3)9-7-13/h4-10,18H,1-3H3. The van der Waals surface area contributed by atoms with E-state index in [1.165, 1.54) is 27.6 Å². The van der Waals surface area contributed by atoms with Crippen molar-refractivity contribution in [1.82, 2.24) is 4.98 Å². The van der Waals surface area contributed by atoms with Crippen LogP contribution in [-0.2, 0) is 0 Å². The van der Waals surface area contributed by atoms with Gasteiger partial charge in [-0.3, -0.25) is 0 Å². The molecule has 3 aromatic rings. The lowest BCUT2D eigenvalue weighted by Crippen LogP contribution is -1.82. The van der Waals surface area contributed by atoms with Crippen LogP contribution in [0.5, 0.6) is 5.75 Å². The molecule has 1 aromatic heterocycles. The fraction of sp³-hybridized carbons (Fsp3) is 0.176. The second-order valence-corrected chi connectivity index (χ2v) is 4.90. The summed E-state index contributed by atoms with van der Waals surface area (Å²) in [6.07, 6.45) is 0. The number of H-pyrrole nitrogens is 1. The van der Waals surface area contributed by atoms with Crippen LogP contribution >= 0.6 is 0 Å². The summed E-state index contributed by atoms with van der Waals surface area (Å²) >= 11 is 0. The van der Waals surface area contributed by atoms with Crippen LogP contribution in [0.2, 0.25) is 0 Å². The predicted octanol–water partition coefficient (Wildman–Crippen LogP) is 4.46. The van der Waals surface area contributed by atoms with Crippen molar-refractivity contribution in [3.05, 3.63) is 53.6 Å². The van der Waals surface area contributed by atoms with Crippen LogP contribution in [0.25, 0.3) is 22.2 Å². The molecular formula is C17H17NO. The molecule has 0 bridgehead atoms. The Morgan fingerprint density at radius 3 is 2.21 bits per heavy atom. The number of ether oxygens (including phenoxy) is 1. The van der Waals surface area contributed by atoms with Crippen LogP contribution in [-0.4, -0.2) is 12.1 Å². The Bertz CT molecular complexity index is 684. The van der Waals surface area contributed by atoms with E-state index in [1.54, 1.807) is 7.11 Å². The van der Waals surface area contributed by atoms with Crippen LogP contribution < -0.4 is 4.74 Å². The maximum Gasteiger partial charge on any atom is 0.118 e. The first-order chi connectivity index (χ1) is 9.19. The molecule has 2 aromatic carbocycles. The van der Waals surface area contributed by atoms with Crippen molar-refractivity contribution in [1.29, 1.82) is 0 Å². The van der Waals surface area contributed by atoms with Gasteiger partial charge in [0.05, 0.1) is 7.11 Å². The highest BCUT2D eigenvalue weighted by atomic mass is 16.5. The molecule has 0 unspecified atom stereocenters. The molecule has 2 heteroatoms. The molecule has 0 fully saturated rings. The van der Waals surface area contributed by atoms with Gasteiger partial charge in [-0.15, -0.1) is 0 Å². The average Bonchev–Trinajstić information content (AvgIpc) is 2.89. The Balaban J connectivity index is 2.14. The molecule has 0 atom stereocenters. The molecule has 19 heavy (non-hydrogen) atoms. The summed E-state index contributed by atoms with van der Waals surface area (Å²) in [7, 11) is 1.69. The summed E-state index contributed by atoms with van der Waals surface area (Å²) < 4.78 is 5.19. The SMILES string of the molecule is COc1ccc(-c2cc3c(C)ccc(C)c3[nH]2)cc1. The minimum Gasteiger partial charge on any atom is -0.497 e. The number of rotatable bonds is 2. The Morgan fingerprint density at radius 1 is 0.895 bits per heavy atom. The summed E-state index contributed by atoms with van der Waals surface area (Å²) in [5, 5.41) is 1.30. The molecule has 0 aliphatic carbocycles. The minimum atomic E-state index is 0.882. The largest absolute Gasteiger partial charge is 0.497 e. The van der Waals surface area contributed by atoms with Gasteiger partial charge in [0, 0.05) is 16.6 Å². The molecule has 0 saturated heterocycles. The van der Waals surface area contributed by atoms with Crippen LogP contribution in [0.4, 0.5) is 0 Å². The zero-order valence-corrected chi connectivity index (χ0v) is 11.4. The Morgan fingerprint density at radius 2 is 1.58 bits per heavy atom. The second-order valence-electron chi connectivity index (χ2n) is 4.90. The van der Waals surface area contributed by atoms with Crippen molar-refractivity contribution in [3.8, 4) is 17.0 Å². The molecule has 0 aliphatic rings. The van der Waals surface area contributed by atoms with Crippen molar-refractivity contribution >= 4 is 10.9 Å². The number of nitrogens with one attached hydrogen (secondary N) is 1. The fourth-order valence-electron chi connectivity index (χ4n) is 2.43. The highest BCUT2D eigenvalue weighted by Crippen LogP contribution is 2.29. The number of benzene rings is 2. The lowest BCUT2D eigenvalue weighted by molar-refractivity contribution is 0.415. The molecule has 0 radical (unpaired) electrons. The molecule has 1 heterocycles. The van der Waals surface area contributed by atoms with Gasteiger partial charge in [0.2, 0.25) is 0 Å². The van der Waals surface area contributed by atoms with Gasteiger partial charge < -0.3 is 9.72 Å². The summed E-state index contributed by atoms with van der Waals surface area (Å²) in [5.74, 6) is 0.882. The van der Waals surface area contributed by atoms with Gasteiger partial charge in [0.15, 0.2) is 0 Å². The average molecular weight is 251 g/mol. The number of methoxy groups -OCH3 is 1. The lowest BCUT2D eigenvalue weighted by Gasteiger charge is -2.01. The van der Waals surface area contributed by atoms with Crippen LogP contribution in [0.3, 0.4) is 0 Å². The van der Waals surface area contributed by atoms with Gasteiger partial charge in [0.1, 0.15) is 5.75 Å². The number of aromatic amines is 1. The third-order valence-electron chi connectivity index (χ3n) is 3.62. The summed E-state index contributed by atoms with van der Waals surface area (Å²) in [4.78, 5) is 3.52. The Kier molecular flexibility index (Phi) is 2.79. The molecule has 0 amide bonds. The van der Waals surface area contributed by atoms with Crippen LogP contribution in [0, 0.1) is 13.8 Å². The van der Waals surface area contributed by atoms with Gasteiger partial charge in [-0.2, -0.15) is 0 Å². The van der Waals surface area contributed by atoms with E-state index < -0.39 is 0 Å². The monoisotopic (exact) mass is 251 g/mol. The zero-order valence-electron chi connectivity index (χ0n) is 11.4. The quantitative estimate of drug-likeness (QED) is 0.714. The second kappa shape index (κ2) is 4.47. The third-order valence-corrected chi connectivity index (χ3v) is 3.62. The minimum absolute atomic E-state index is 0.882. The molecule has 2 nitrogen and oxygen atoms in total. The van der Waals surface area contributed by atoms with Crippen molar-refractivity contribution in [2.24, 2.45) is 0 Å². The van der Waals surface area contributed by atoms with Gasteiger partial charge in [-0.1, -0.05) is 12.1 Å². The first kappa shape index (κ1) is 11.8. The van der Waals surface area contributed by atoms with E-state index in [0.717, 1.165) is 11.4 Å². The van der Waals surface area contributed by atoms with E-state index in [2.05, 4.69) is 49.2 Å². The van der Waals surface area contributed by atoms with Crippen molar-refractivity contribution in [2.45, 2.75) is 13.8 Å².